The van der Waals surface area contributed by atoms with Gasteiger partial charge in [-0.3, -0.25) is 0 Å². The van der Waals surface area contributed by atoms with Gasteiger partial charge >= 0.3 is 0 Å². The molecule has 0 radical (unpaired) electrons. The lowest BCUT2D eigenvalue weighted by Gasteiger charge is -2.06. The Morgan fingerprint density at radius 1 is 1.10 bits per heavy atom. The highest BCUT2D eigenvalue weighted by molar-refractivity contribution is 6.34. The van der Waals surface area contributed by atoms with Gasteiger partial charge in [-0.1, -0.05) is 23.2 Å². The molecule has 1 aliphatic rings. The van der Waals surface area contributed by atoms with E-state index in [4.69, 9.17) is 27.9 Å². The lowest BCUT2D eigenvalue weighted by Crippen LogP contribution is -2.16. The van der Waals surface area contributed by atoms with E-state index in [-0.39, 0.29) is 0 Å². The van der Waals surface area contributed by atoms with Gasteiger partial charge in [0.25, 0.3) is 0 Å². The summed E-state index contributed by atoms with van der Waals surface area (Å²) < 4.78 is 5.57. The van der Waals surface area contributed by atoms with Crippen LogP contribution in [0.2, 0.25) is 10.0 Å². The van der Waals surface area contributed by atoms with E-state index < -0.39 is 0 Å². The van der Waals surface area contributed by atoms with E-state index in [1.54, 1.807) is 24.3 Å². The molecule has 0 bridgehead atoms. The van der Waals surface area contributed by atoms with Gasteiger partial charge in [0, 0.05) is 28.7 Å². The number of halogens is 2. The van der Waals surface area contributed by atoms with Crippen LogP contribution in [0.4, 0.5) is 0 Å². The van der Waals surface area contributed by atoms with Crippen LogP contribution >= 0.6 is 23.2 Å². The number of hydrogen-bond acceptors (Lipinski definition) is 4. The Labute approximate surface area is 127 Å². The second-order valence-corrected chi connectivity index (χ2v) is 5.60. The Kier molecular flexibility index (Phi) is 4.05. The summed E-state index contributed by atoms with van der Waals surface area (Å²) in [5.74, 6) is 0.958. The van der Waals surface area contributed by atoms with Crippen molar-refractivity contribution in [2.24, 2.45) is 0 Å². The molecule has 0 saturated heterocycles. The summed E-state index contributed by atoms with van der Waals surface area (Å²) in [7, 11) is 0. The first-order chi connectivity index (χ1) is 9.69. The summed E-state index contributed by atoms with van der Waals surface area (Å²) in [5, 5.41) is 12.6. The topological polar surface area (TPSA) is 47.0 Å². The van der Waals surface area contributed by atoms with Crippen molar-refractivity contribution in [3.8, 4) is 11.6 Å². The number of nitrogens with zero attached hydrogens (tertiary/aromatic N) is 2. The third-order valence-electron chi connectivity index (χ3n) is 2.90. The van der Waals surface area contributed by atoms with Crippen LogP contribution in [0, 0.1) is 0 Å². The van der Waals surface area contributed by atoms with E-state index in [1.165, 1.54) is 12.8 Å². The van der Waals surface area contributed by atoms with Crippen molar-refractivity contribution in [2.75, 3.05) is 0 Å². The molecule has 3 rings (SSSR count). The molecular formula is C14H13Cl2N3O. The van der Waals surface area contributed by atoms with E-state index in [0.717, 1.165) is 12.2 Å². The maximum Gasteiger partial charge on any atom is 0.238 e. The van der Waals surface area contributed by atoms with E-state index >= 15 is 0 Å². The monoisotopic (exact) mass is 309 g/mol. The molecule has 20 heavy (non-hydrogen) atoms. The van der Waals surface area contributed by atoms with E-state index in [2.05, 4.69) is 15.5 Å². The summed E-state index contributed by atoms with van der Waals surface area (Å²) in [6, 6.07) is 9.33. The average Bonchev–Trinajstić information content (AvgIpc) is 3.21. The summed E-state index contributed by atoms with van der Waals surface area (Å²) >= 11 is 11.8. The Balaban J connectivity index is 1.64. The standard InChI is InChI=1S/C14H13Cl2N3O/c15-9-5-10(16)7-13(6-9)20-14-4-3-12(18-19-14)8-17-11-1-2-11/h3-7,11,17H,1-2,8H2. The molecule has 6 heteroatoms. The average molecular weight is 310 g/mol. The molecule has 1 aromatic carbocycles. The predicted octanol–water partition coefficient (Wildman–Crippen LogP) is 3.83. The number of ether oxygens (including phenoxy) is 1. The molecule has 1 saturated carbocycles. The molecule has 0 aliphatic heterocycles. The molecular weight excluding hydrogens is 297 g/mol. The number of hydrogen-bond donors (Lipinski definition) is 1. The van der Waals surface area contributed by atoms with E-state index in [9.17, 15) is 0 Å². The Morgan fingerprint density at radius 3 is 2.45 bits per heavy atom. The Bertz CT molecular complexity index is 580. The maximum absolute atomic E-state index is 5.91. The molecule has 1 aliphatic carbocycles. The van der Waals surface area contributed by atoms with Crippen LogP contribution in [0.15, 0.2) is 30.3 Å². The van der Waals surface area contributed by atoms with Crippen LogP contribution in [-0.4, -0.2) is 16.2 Å². The zero-order valence-corrected chi connectivity index (χ0v) is 12.2. The second-order valence-electron chi connectivity index (χ2n) is 4.73. The molecule has 0 amide bonds. The number of benzene rings is 1. The van der Waals surface area contributed by atoms with Gasteiger partial charge in [0.2, 0.25) is 5.88 Å². The largest absolute Gasteiger partial charge is 0.437 e. The summed E-state index contributed by atoms with van der Waals surface area (Å²) in [6.07, 6.45) is 2.51. The lowest BCUT2D eigenvalue weighted by atomic mass is 10.3. The summed E-state index contributed by atoms with van der Waals surface area (Å²) in [5.41, 5.74) is 0.897. The molecule has 1 aromatic heterocycles. The van der Waals surface area contributed by atoms with Gasteiger partial charge in [-0.05, 0) is 37.1 Å². The predicted molar refractivity (Wildman–Crippen MR) is 78.4 cm³/mol. The minimum Gasteiger partial charge on any atom is -0.437 e. The summed E-state index contributed by atoms with van der Waals surface area (Å²) in [4.78, 5) is 0. The van der Waals surface area contributed by atoms with Crippen molar-refractivity contribution < 1.29 is 4.74 Å². The fourth-order valence-electron chi connectivity index (χ4n) is 1.74. The third-order valence-corrected chi connectivity index (χ3v) is 3.34. The quantitative estimate of drug-likeness (QED) is 0.912. The van der Waals surface area contributed by atoms with Crippen molar-refractivity contribution in [3.63, 3.8) is 0 Å². The summed E-state index contributed by atoms with van der Waals surface area (Å²) in [6.45, 7) is 0.737. The van der Waals surface area contributed by atoms with Gasteiger partial charge in [-0.15, -0.1) is 5.10 Å². The number of rotatable bonds is 5. The second kappa shape index (κ2) is 5.95. The van der Waals surface area contributed by atoms with Crippen LogP contribution in [0.3, 0.4) is 0 Å². The molecule has 1 fully saturated rings. The van der Waals surface area contributed by atoms with Gasteiger partial charge in [-0.2, -0.15) is 5.10 Å². The number of aromatic nitrogens is 2. The first-order valence-corrected chi connectivity index (χ1v) is 7.14. The van der Waals surface area contributed by atoms with Crippen LogP contribution in [-0.2, 0) is 6.54 Å². The van der Waals surface area contributed by atoms with Gasteiger partial charge in [0.05, 0.1) is 5.69 Å². The van der Waals surface area contributed by atoms with E-state index in [1.807, 2.05) is 6.07 Å². The highest BCUT2D eigenvalue weighted by Crippen LogP contribution is 2.27. The Morgan fingerprint density at radius 2 is 1.85 bits per heavy atom. The minimum absolute atomic E-state index is 0.415. The van der Waals surface area contributed by atoms with Gasteiger partial charge in [0.1, 0.15) is 5.75 Å². The molecule has 0 spiro atoms. The van der Waals surface area contributed by atoms with Gasteiger partial charge in [-0.25, -0.2) is 0 Å². The third kappa shape index (κ3) is 3.82. The van der Waals surface area contributed by atoms with Crippen LogP contribution in [0.1, 0.15) is 18.5 Å². The fourth-order valence-corrected chi connectivity index (χ4v) is 2.25. The molecule has 4 nitrogen and oxygen atoms in total. The molecule has 0 atom stereocenters. The van der Waals surface area contributed by atoms with Crippen molar-refractivity contribution in [1.29, 1.82) is 0 Å². The molecule has 2 aromatic rings. The first-order valence-electron chi connectivity index (χ1n) is 6.39. The highest BCUT2D eigenvalue weighted by Gasteiger charge is 2.20. The molecule has 1 N–H and O–H groups in total. The Hall–Kier alpha value is -1.36. The lowest BCUT2D eigenvalue weighted by molar-refractivity contribution is 0.453. The smallest absolute Gasteiger partial charge is 0.238 e. The maximum atomic E-state index is 5.91. The van der Waals surface area contributed by atoms with E-state index in [0.29, 0.717) is 27.7 Å². The molecule has 104 valence electrons. The highest BCUT2D eigenvalue weighted by atomic mass is 35.5. The van der Waals surface area contributed by atoms with Gasteiger partial charge in [0.15, 0.2) is 0 Å². The SMILES string of the molecule is Clc1cc(Cl)cc(Oc2ccc(CNC3CC3)nn2)c1. The van der Waals surface area contributed by atoms with Crippen molar-refractivity contribution >= 4 is 23.2 Å². The molecule has 0 unspecified atom stereocenters. The van der Waals surface area contributed by atoms with Crippen molar-refractivity contribution in [3.05, 3.63) is 46.1 Å². The van der Waals surface area contributed by atoms with Crippen molar-refractivity contribution in [1.82, 2.24) is 15.5 Å². The first kappa shape index (κ1) is 13.6. The zero-order chi connectivity index (χ0) is 13.9. The minimum atomic E-state index is 0.415. The normalized spacial score (nSPS) is 14.3. The van der Waals surface area contributed by atoms with Crippen LogP contribution < -0.4 is 10.1 Å². The molecule has 1 heterocycles. The van der Waals surface area contributed by atoms with Crippen LogP contribution in [0.5, 0.6) is 11.6 Å². The fraction of sp³-hybridized carbons (Fsp3) is 0.286. The van der Waals surface area contributed by atoms with Crippen molar-refractivity contribution in [2.45, 2.75) is 25.4 Å². The number of nitrogens with one attached hydrogen (secondary N) is 1. The zero-order valence-electron chi connectivity index (χ0n) is 10.6. The van der Waals surface area contributed by atoms with Crippen LogP contribution in [0.25, 0.3) is 0 Å². The van der Waals surface area contributed by atoms with Gasteiger partial charge < -0.3 is 10.1 Å².